The van der Waals surface area contributed by atoms with Crippen molar-refractivity contribution in [3.63, 3.8) is 0 Å². The van der Waals surface area contributed by atoms with Crippen molar-refractivity contribution in [1.29, 1.82) is 0 Å². The van der Waals surface area contributed by atoms with Crippen molar-refractivity contribution in [2.45, 2.75) is 33.1 Å². The molecule has 3 rings (SSSR count). The lowest BCUT2D eigenvalue weighted by Crippen LogP contribution is -2.18. The molecule has 0 aromatic heterocycles. The molecule has 170 valence electrons. The summed E-state index contributed by atoms with van der Waals surface area (Å²) in [5.41, 5.74) is 5.94. The predicted molar refractivity (Wildman–Crippen MR) is 132 cm³/mol. The Morgan fingerprint density at radius 3 is 2.33 bits per heavy atom. The molecule has 3 aromatic rings. The molecule has 0 saturated carbocycles. The number of anilines is 1. The van der Waals surface area contributed by atoms with Gasteiger partial charge in [-0.25, -0.2) is 5.43 Å². The van der Waals surface area contributed by atoms with Crippen LogP contribution < -0.4 is 15.5 Å². The maximum Gasteiger partial charge on any atom is 0.271 e. The lowest BCUT2D eigenvalue weighted by atomic mass is 10.1. The smallest absolute Gasteiger partial charge is 0.271 e. The van der Waals surface area contributed by atoms with E-state index in [0.29, 0.717) is 23.4 Å². The van der Waals surface area contributed by atoms with E-state index in [9.17, 15) is 9.59 Å². The van der Waals surface area contributed by atoms with Gasteiger partial charge in [-0.1, -0.05) is 38.0 Å². The summed E-state index contributed by atoms with van der Waals surface area (Å²) in [6.07, 6.45) is 4.95. The normalized spacial score (nSPS) is 10.7. The van der Waals surface area contributed by atoms with Crippen LogP contribution in [-0.2, 0) is 0 Å². The van der Waals surface area contributed by atoms with Gasteiger partial charge in [0, 0.05) is 16.8 Å². The Morgan fingerprint density at radius 2 is 1.64 bits per heavy atom. The third kappa shape index (κ3) is 7.31. The molecule has 2 N–H and O–H groups in total. The van der Waals surface area contributed by atoms with Gasteiger partial charge in [0.1, 0.15) is 5.75 Å². The zero-order chi connectivity index (χ0) is 23.5. The number of nitrogens with one attached hydrogen (secondary N) is 2. The van der Waals surface area contributed by atoms with E-state index in [1.807, 2.05) is 49.4 Å². The lowest BCUT2D eigenvalue weighted by molar-refractivity contribution is 0.0954. The number of hydrazone groups is 1. The molecule has 0 bridgehead atoms. The summed E-state index contributed by atoms with van der Waals surface area (Å²) in [6.45, 7) is 4.76. The molecule has 0 radical (unpaired) electrons. The van der Waals surface area contributed by atoms with Crippen molar-refractivity contribution in [2.24, 2.45) is 5.10 Å². The van der Waals surface area contributed by atoms with Crippen molar-refractivity contribution in [2.75, 3.05) is 11.9 Å². The second kappa shape index (κ2) is 12.2. The van der Waals surface area contributed by atoms with Crippen LogP contribution in [-0.4, -0.2) is 24.6 Å². The van der Waals surface area contributed by atoms with Gasteiger partial charge in [0.15, 0.2) is 0 Å². The van der Waals surface area contributed by atoms with E-state index in [2.05, 4.69) is 22.8 Å². The highest BCUT2D eigenvalue weighted by atomic mass is 16.5. The number of aryl methyl sites for hydroxylation is 1. The first-order chi connectivity index (χ1) is 16.1. The molecule has 3 aromatic carbocycles. The fourth-order valence-corrected chi connectivity index (χ4v) is 3.15. The highest BCUT2D eigenvalue weighted by molar-refractivity contribution is 6.05. The summed E-state index contributed by atoms with van der Waals surface area (Å²) in [5.74, 6) is 0.299. The number of rotatable bonds is 10. The summed E-state index contributed by atoms with van der Waals surface area (Å²) in [5, 5.41) is 6.86. The van der Waals surface area contributed by atoms with Gasteiger partial charge in [0.2, 0.25) is 0 Å². The molecule has 6 heteroatoms. The lowest BCUT2D eigenvalue weighted by Gasteiger charge is -2.08. The topological polar surface area (TPSA) is 79.8 Å². The minimum Gasteiger partial charge on any atom is -0.494 e. The van der Waals surface area contributed by atoms with Crippen molar-refractivity contribution < 1.29 is 14.3 Å². The van der Waals surface area contributed by atoms with Crippen molar-refractivity contribution in [1.82, 2.24) is 5.43 Å². The molecule has 0 atom stereocenters. The summed E-state index contributed by atoms with van der Waals surface area (Å²) < 4.78 is 5.69. The molecule has 6 nitrogen and oxygen atoms in total. The van der Waals surface area contributed by atoms with Crippen LogP contribution in [0, 0.1) is 6.92 Å². The third-order valence-corrected chi connectivity index (χ3v) is 5.07. The Labute approximate surface area is 194 Å². The standard InChI is InChI=1S/C27H29N3O3/c1-3-4-7-18-33-24-16-10-21(11-17-24)19-28-30-26(31)22-12-14-23(15-13-22)29-27(32)25-9-6-5-8-20(25)2/h5-6,8-17,19H,3-4,7,18H2,1-2H3,(H,29,32)(H,30,31)/b28-19-. The Kier molecular flexibility index (Phi) is 8.77. The fourth-order valence-electron chi connectivity index (χ4n) is 3.15. The summed E-state index contributed by atoms with van der Waals surface area (Å²) in [4.78, 5) is 24.7. The van der Waals surface area contributed by atoms with Gasteiger partial charge in [0.05, 0.1) is 12.8 Å². The second-order valence-corrected chi connectivity index (χ2v) is 7.67. The van der Waals surface area contributed by atoms with Crippen LogP contribution in [0.4, 0.5) is 5.69 Å². The average molecular weight is 444 g/mol. The molecule has 2 amide bonds. The Hall–Kier alpha value is -3.93. The van der Waals surface area contributed by atoms with E-state index in [4.69, 9.17) is 4.74 Å². The molecule has 0 aliphatic carbocycles. The molecule has 0 fully saturated rings. The van der Waals surface area contributed by atoms with Gasteiger partial charge in [-0.15, -0.1) is 0 Å². The predicted octanol–water partition coefficient (Wildman–Crippen LogP) is 5.58. The molecule has 0 aliphatic heterocycles. The van der Waals surface area contributed by atoms with Gasteiger partial charge in [-0.3, -0.25) is 9.59 Å². The average Bonchev–Trinajstić information content (AvgIpc) is 2.83. The van der Waals surface area contributed by atoms with Crippen LogP contribution in [0.3, 0.4) is 0 Å². The number of benzene rings is 3. The van der Waals surface area contributed by atoms with Crippen LogP contribution in [0.5, 0.6) is 5.75 Å². The van der Waals surface area contributed by atoms with E-state index in [-0.39, 0.29) is 11.8 Å². The second-order valence-electron chi connectivity index (χ2n) is 7.67. The minimum absolute atomic E-state index is 0.188. The maximum atomic E-state index is 12.4. The van der Waals surface area contributed by atoms with Crippen LogP contribution in [0.1, 0.15) is 58.0 Å². The van der Waals surface area contributed by atoms with Gasteiger partial charge in [-0.05, 0) is 79.1 Å². The number of hydrogen-bond acceptors (Lipinski definition) is 4. The first kappa shape index (κ1) is 23.7. The third-order valence-electron chi connectivity index (χ3n) is 5.07. The van der Waals surface area contributed by atoms with E-state index < -0.39 is 0 Å². The van der Waals surface area contributed by atoms with Crippen LogP contribution in [0.2, 0.25) is 0 Å². The monoisotopic (exact) mass is 443 g/mol. The number of carbonyl (C=O) groups excluding carboxylic acids is 2. The van der Waals surface area contributed by atoms with Crippen molar-refractivity contribution >= 4 is 23.7 Å². The Morgan fingerprint density at radius 1 is 0.909 bits per heavy atom. The van der Waals surface area contributed by atoms with E-state index in [1.54, 1.807) is 36.5 Å². The molecular weight excluding hydrogens is 414 g/mol. The Balaban J connectivity index is 1.49. The SMILES string of the molecule is CCCCCOc1ccc(/C=N\NC(=O)c2ccc(NC(=O)c3ccccc3C)cc2)cc1. The number of nitrogens with zero attached hydrogens (tertiary/aromatic N) is 1. The molecule has 33 heavy (non-hydrogen) atoms. The number of unbranched alkanes of at least 4 members (excludes halogenated alkanes) is 2. The van der Waals surface area contributed by atoms with E-state index in [1.165, 1.54) is 6.42 Å². The van der Waals surface area contributed by atoms with Crippen LogP contribution >= 0.6 is 0 Å². The van der Waals surface area contributed by atoms with E-state index >= 15 is 0 Å². The first-order valence-corrected chi connectivity index (χ1v) is 11.1. The zero-order valence-corrected chi connectivity index (χ0v) is 19.0. The van der Waals surface area contributed by atoms with Crippen LogP contribution in [0.25, 0.3) is 0 Å². The summed E-state index contributed by atoms with van der Waals surface area (Å²) in [7, 11) is 0. The summed E-state index contributed by atoms with van der Waals surface area (Å²) >= 11 is 0. The van der Waals surface area contributed by atoms with Crippen molar-refractivity contribution in [3.05, 3.63) is 95.1 Å². The van der Waals surface area contributed by atoms with Crippen LogP contribution in [0.15, 0.2) is 77.9 Å². The van der Waals surface area contributed by atoms with E-state index in [0.717, 1.165) is 29.7 Å². The van der Waals surface area contributed by atoms with Gasteiger partial charge >= 0.3 is 0 Å². The minimum atomic E-state index is -0.334. The number of amides is 2. The van der Waals surface area contributed by atoms with Gasteiger partial charge in [0.25, 0.3) is 11.8 Å². The number of hydrogen-bond donors (Lipinski definition) is 2. The van der Waals surface area contributed by atoms with Gasteiger partial charge in [-0.2, -0.15) is 5.10 Å². The quantitative estimate of drug-likeness (QED) is 0.244. The molecule has 0 heterocycles. The molecule has 0 spiro atoms. The highest BCUT2D eigenvalue weighted by Crippen LogP contribution is 2.14. The number of ether oxygens (including phenoxy) is 1. The number of carbonyl (C=O) groups is 2. The maximum absolute atomic E-state index is 12.4. The molecular formula is C27H29N3O3. The largest absolute Gasteiger partial charge is 0.494 e. The molecule has 0 saturated heterocycles. The highest BCUT2D eigenvalue weighted by Gasteiger charge is 2.09. The molecule has 0 aliphatic rings. The molecule has 0 unspecified atom stereocenters. The van der Waals surface area contributed by atoms with Gasteiger partial charge < -0.3 is 10.1 Å². The summed E-state index contributed by atoms with van der Waals surface area (Å²) in [6, 6.07) is 21.6. The first-order valence-electron chi connectivity index (χ1n) is 11.1. The fraction of sp³-hybridized carbons (Fsp3) is 0.222. The zero-order valence-electron chi connectivity index (χ0n) is 19.0. The van der Waals surface area contributed by atoms with Crippen molar-refractivity contribution in [3.8, 4) is 5.75 Å². The Bertz CT molecular complexity index is 1090.